The van der Waals surface area contributed by atoms with Crippen LogP contribution in [0.3, 0.4) is 0 Å². The van der Waals surface area contributed by atoms with Gasteiger partial charge in [-0.2, -0.15) is 0 Å². The van der Waals surface area contributed by atoms with Crippen molar-refractivity contribution in [2.75, 3.05) is 4.90 Å². The highest BCUT2D eigenvalue weighted by Crippen LogP contribution is 2.41. The minimum absolute atomic E-state index is 0.876. The van der Waals surface area contributed by atoms with Crippen molar-refractivity contribution in [2.24, 2.45) is 0 Å². The molecule has 226 valence electrons. The Morgan fingerprint density at radius 1 is 0.312 bits per heavy atom. The van der Waals surface area contributed by atoms with Crippen molar-refractivity contribution >= 4 is 49.8 Å². The van der Waals surface area contributed by atoms with Crippen LogP contribution in [0, 0.1) is 0 Å². The second-order valence-corrected chi connectivity index (χ2v) is 12.2. The van der Waals surface area contributed by atoms with E-state index in [-0.39, 0.29) is 0 Å². The third-order valence-electron chi connectivity index (χ3n) is 9.23. The highest BCUT2D eigenvalue weighted by Gasteiger charge is 2.17. The molecule has 0 spiro atoms. The first-order valence-electron chi connectivity index (χ1n) is 16.3. The van der Waals surface area contributed by atoms with Crippen LogP contribution in [-0.4, -0.2) is 0 Å². The molecule has 0 radical (unpaired) electrons. The van der Waals surface area contributed by atoms with Crippen molar-refractivity contribution in [3.63, 3.8) is 0 Å². The molecule has 0 unspecified atom stereocenters. The molecular weight excluding hydrogens is 583 g/mol. The Morgan fingerprint density at radius 2 is 0.875 bits per heavy atom. The van der Waals surface area contributed by atoms with Gasteiger partial charge in [-0.05, 0) is 105 Å². The lowest BCUT2D eigenvalue weighted by molar-refractivity contribution is 0.669. The second-order valence-electron chi connectivity index (χ2n) is 12.2. The Hall–Kier alpha value is -6.38. The van der Waals surface area contributed by atoms with Crippen LogP contribution in [0.1, 0.15) is 0 Å². The van der Waals surface area contributed by atoms with E-state index >= 15 is 0 Å². The molecule has 0 aliphatic heterocycles. The molecule has 0 saturated heterocycles. The molecule has 9 aromatic rings. The fourth-order valence-electron chi connectivity index (χ4n) is 6.91. The van der Waals surface area contributed by atoms with E-state index in [0.29, 0.717) is 0 Å². The van der Waals surface area contributed by atoms with Gasteiger partial charge in [0.25, 0.3) is 0 Å². The molecule has 2 heteroatoms. The van der Waals surface area contributed by atoms with Gasteiger partial charge in [-0.1, -0.05) is 127 Å². The maximum atomic E-state index is 6.38. The first kappa shape index (κ1) is 27.9. The molecule has 0 N–H and O–H groups in total. The molecule has 0 aliphatic rings. The number of fused-ring (bicyclic) bond motifs is 4. The summed E-state index contributed by atoms with van der Waals surface area (Å²) in [6, 6.07) is 66.9. The molecule has 1 aromatic heterocycles. The Morgan fingerprint density at radius 3 is 1.73 bits per heavy atom. The van der Waals surface area contributed by atoms with Crippen LogP contribution in [0.2, 0.25) is 0 Å². The second kappa shape index (κ2) is 11.8. The number of hydrogen-bond acceptors (Lipinski definition) is 2. The fourth-order valence-corrected chi connectivity index (χ4v) is 6.91. The van der Waals surface area contributed by atoms with Gasteiger partial charge in [0.05, 0.1) is 0 Å². The predicted molar refractivity (Wildman–Crippen MR) is 202 cm³/mol. The summed E-state index contributed by atoms with van der Waals surface area (Å²) in [4.78, 5) is 2.33. The van der Waals surface area contributed by atoms with Crippen molar-refractivity contribution < 1.29 is 4.42 Å². The maximum Gasteiger partial charge on any atom is 0.135 e. The van der Waals surface area contributed by atoms with E-state index in [9.17, 15) is 0 Å². The van der Waals surface area contributed by atoms with Gasteiger partial charge >= 0.3 is 0 Å². The lowest BCUT2D eigenvalue weighted by Gasteiger charge is -2.26. The van der Waals surface area contributed by atoms with E-state index in [4.69, 9.17) is 4.42 Å². The van der Waals surface area contributed by atoms with Gasteiger partial charge in [0.1, 0.15) is 11.2 Å². The molecule has 0 amide bonds. The Kier molecular flexibility index (Phi) is 6.84. The average molecular weight is 614 g/mol. The third-order valence-corrected chi connectivity index (χ3v) is 9.23. The van der Waals surface area contributed by atoms with Gasteiger partial charge in [0.2, 0.25) is 0 Å². The molecule has 2 nitrogen and oxygen atoms in total. The standard InChI is InChI=1S/C46H31NO/c1-3-12-32(13-4-1)34-16-9-17-35(28-34)36-24-26-45-43(30-36)44-31-40(25-27-46(44)48-45)47(38-19-5-2-6-20-38)39-21-10-18-37(29-39)42-23-11-15-33-14-7-8-22-41(33)42/h1-31H. The van der Waals surface area contributed by atoms with Gasteiger partial charge in [0, 0.05) is 27.8 Å². The Balaban J connectivity index is 1.17. The summed E-state index contributed by atoms with van der Waals surface area (Å²) in [6.45, 7) is 0. The average Bonchev–Trinajstić information content (AvgIpc) is 3.53. The van der Waals surface area contributed by atoms with Crippen LogP contribution >= 0.6 is 0 Å². The summed E-state index contributed by atoms with van der Waals surface area (Å²) in [5.74, 6) is 0. The van der Waals surface area contributed by atoms with E-state index in [1.165, 1.54) is 38.6 Å². The lowest BCUT2D eigenvalue weighted by atomic mass is 9.97. The van der Waals surface area contributed by atoms with Crippen molar-refractivity contribution in [3.8, 4) is 33.4 Å². The number of hydrogen-bond donors (Lipinski definition) is 0. The minimum Gasteiger partial charge on any atom is -0.456 e. The number of anilines is 3. The van der Waals surface area contributed by atoms with Crippen LogP contribution in [-0.2, 0) is 0 Å². The van der Waals surface area contributed by atoms with Crippen molar-refractivity contribution in [1.82, 2.24) is 0 Å². The molecule has 0 atom stereocenters. The molecule has 0 saturated carbocycles. The predicted octanol–water partition coefficient (Wildman–Crippen LogP) is 13.2. The van der Waals surface area contributed by atoms with Gasteiger partial charge in [0.15, 0.2) is 0 Å². The van der Waals surface area contributed by atoms with Gasteiger partial charge in [-0.3, -0.25) is 0 Å². The van der Waals surface area contributed by atoms with Crippen LogP contribution < -0.4 is 4.90 Å². The van der Waals surface area contributed by atoms with Crippen LogP contribution in [0.5, 0.6) is 0 Å². The lowest BCUT2D eigenvalue weighted by Crippen LogP contribution is -2.09. The molecular formula is C46H31NO. The first-order valence-corrected chi connectivity index (χ1v) is 16.3. The molecule has 8 aromatic carbocycles. The van der Waals surface area contributed by atoms with E-state index < -0.39 is 0 Å². The summed E-state index contributed by atoms with van der Waals surface area (Å²) in [7, 11) is 0. The molecule has 0 bridgehead atoms. The monoisotopic (exact) mass is 613 g/mol. The zero-order valence-corrected chi connectivity index (χ0v) is 26.3. The number of rotatable bonds is 6. The topological polar surface area (TPSA) is 16.4 Å². The highest BCUT2D eigenvalue weighted by molar-refractivity contribution is 6.08. The van der Waals surface area contributed by atoms with Crippen molar-refractivity contribution in [1.29, 1.82) is 0 Å². The van der Waals surface area contributed by atoms with Gasteiger partial charge in [-0.25, -0.2) is 0 Å². The van der Waals surface area contributed by atoms with E-state index in [0.717, 1.165) is 44.6 Å². The number of para-hydroxylation sites is 1. The minimum atomic E-state index is 0.876. The van der Waals surface area contributed by atoms with E-state index in [1.807, 2.05) is 0 Å². The summed E-state index contributed by atoms with van der Waals surface area (Å²) >= 11 is 0. The van der Waals surface area contributed by atoms with Crippen LogP contribution in [0.25, 0.3) is 66.1 Å². The zero-order valence-electron chi connectivity index (χ0n) is 26.3. The Labute approximate surface area is 279 Å². The number of benzene rings is 8. The summed E-state index contributed by atoms with van der Waals surface area (Å²) in [6.07, 6.45) is 0. The van der Waals surface area contributed by atoms with Crippen LogP contribution in [0.4, 0.5) is 17.1 Å². The molecule has 48 heavy (non-hydrogen) atoms. The van der Waals surface area contributed by atoms with E-state index in [2.05, 4.69) is 193 Å². The number of nitrogens with zero attached hydrogens (tertiary/aromatic N) is 1. The van der Waals surface area contributed by atoms with Crippen molar-refractivity contribution in [2.45, 2.75) is 0 Å². The number of furan rings is 1. The zero-order chi connectivity index (χ0) is 31.9. The highest BCUT2D eigenvalue weighted by atomic mass is 16.3. The van der Waals surface area contributed by atoms with Gasteiger partial charge < -0.3 is 9.32 Å². The molecule has 0 aliphatic carbocycles. The quantitative estimate of drug-likeness (QED) is 0.185. The molecule has 1 heterocycles. The van der Waals surface area contributed by atoms with Crippen LogP contribution in [0.15, 0.2) is 192 Å². The summed E-state index contributed by atoms with van der Waals surface area (Å²) in [5.41, 5.74) is 12.2. The third kappa shape index (κ3) is 5.01. The SMILES string of the molecule is c1ccc(-c2cccc(-c3ccc4oc5ccc(N(c6ccccc6)c6cccc(-c7cccc8ccccc78)c6)cc5c4c3)c2)cc1. The maximum absolute atomic E-state index is 6.38. The van der Waals surface area contributed by atoms with Crippen molar-refractivity contribution in [3.05, 3.63) is 188 Å². The van der Waals surface area contributed by atoms with Gasteiger partial charge in [-0.15, -0.1) is 0 Å². The first-order chi connectivity index (χ1) is 23.8. The van der Waals surface area contributed by atoms with E-state index in [1.54, 1.807) is 0 Å². The molecule has 9 rings (SSSR count). The Bertz CT molecular complexity index is 2560. The smallest absolute Gasteiger partial charge is 0.135 e. The fraction of sp³-hybridized carbons (Fsp3) is 0. The largest absolute Gasteiger partial charge is 0.456 e. The molecule has 0 fully saturated rings. The summed E-state index contributed by atoms with van der Waals surface area (Å²) < 4.78 is 6.38. The normalized spacial score (nSPS) is 11.3. The summed E-state index contributed by atoms with van der Waals surface area (Å²) in [5, 5.41) is 4.69.